The molecule has 1 aliphatic heterocycles. The van der Waals surface area contributed by atoms with Crippen molar-refractivity contribution in [2.75, 3.05) is 13.1 Å². The van der Waals surface area contributed by atoms with Crippen molar-refractivity contribution in [1.82, 2.24) is 4.90 Å². The van der Waals surface area contributed by atoms with Crippen molar-refractivity contribution in [2.24, 2.45) is 5.73 Å². The van der Waals surface area contributed by atoms with Gasteiger partial charge < -0.3 is 15.4 Å². The average Bonchev–Trinajstić information content (AvgIpc) is 2.23. The minimum absolute atomic E-state index is 0.300. The van der Waals surface area contributed by atoms with Crippen molar-refractivity contribution in [2.45, 2.75) is 31.9 Å². The Labute approximate surface area is 122 Å². The smallest absolute Gasteiger partial charge is 0.410 e. The summed E-state index contributed by atoms with van der Waals surface area (Å²) in [7, 11) is 0. The standard InChI is InChI=1S/C14H19BrN2O2/c1-13(2,3)19-12(18)17-8-14(16,9-17)10-4-6-11(15)7-5-10/h4-7H,8-9,16H2,1-3H3. The van der Waals surface area contributed by atoms with Gasteiger partial charge in [-0.05, 0) is 38.5 Å². The second-order valence-corrected chi connectivity index (χ2v) is 6.92. The van der Waals surface area contributed by atoms with Crippen molar-refractivity contribution in [1.29, 1.82) is 0 Å². The van der Waals surface area contributed by atoms with E-state index in [0.29, 0.717) is 13.1 Å². The number of carbonyl (C=O) groups is 1. The van der Waals surface area contributed by atoms with Gasteiger partial charge in [0.25, 0.3) is 0 Å². The third kappa shape index (κ3) is 3.28. The van der Waals surface area contributed by atoms with Crippen LogP contribution in [0.2, 0.25) is 0 Å². The van der Waals surface area contributed by atoms with Crippen LogP contribution in [-0.2, 0) is 10.3 Å². The number of benzene rings is 1. The lowest BCUT2D eigenvalue weighted by Crippen LogP contribution is -2.66. The highest BCUT2D eigenvalue weighted by molar-refractivity contribution is 9.10. The van der Waals surface area contributed by atoms with Gasteiger partial charge in [-0.15, -0.1) is 0 Å². The normalized spacial score (nSPS) is 17.8. The summed E-state index contributed by atoms with van der Waals surface area (Å²) in [5, 5.41) is 0. The monoisotopic (exact) mass is 326 g/mol. The average molecular weight is 327 g/mol. The Morgan fingerprint density at radius 1 is 1.32 bits per heavy atom. The van der Waals surface area contributed by atoms with E-state index in [1.807, 2.05) is 45.0 Å². The number of hydrogen-bond acceptors (Lipinski definition) is 3. The molecular weight excluding hydrogens is 308 g/mol. The topological polar surface area (TPSA) is 55.6 Å². The molecule has 0 spiro atoms. The fourth-order valence-electron chi connectivity index (χ4n) is 2.05. The minimum Gasteiger partial charge on any atom is -0.444 e. The van der Waals surface area contributed by atoms with E-state index < -0.39 is 11.1 Å². The second kappa shape index (κ2) is 4.80. The van der Waals surface area contributed by atoms with Crippen molar-refractivity contribution >= 4 is 22.0 Å². The first kappa shape index (κ1) is 14.3. The molecule has 19 heavy (non-hydrogen) atoms. The summed E-state index contributed by atoms with van der Waals surface area (Å²) in [5.74, 6) is 0. The molecular formula is C14H19BrN2O2. The fraction of sp³-hybridized carbons (Fsp3) is 0.500. The predicted molar refractivity (Wildman–Crippen MR) is 77.8 cm³/mol. The molecule has 0 atom stereocenters. The summed E-state index contributed by atoms with van der Waals surface area (Å²) >= 11 is 3.39. The Morgan fingerprint density at radius 3 is 2.32 bits per heavy atom. The Bertz CT molecular complexity index is 473. The zero-order chi connectivity index (χ0) is 14.3. The van der Waals surface area contributed by atoms with E-state index in [9.17, 15) is 4.79 Å². The van der Waals surface area contributed by atoms with Gasteiger partial charge in [-0.1, -0.05) is 28.1 Å². The van der Waals surface area contributed by atoms with Crippen molar-refractivity contribution in [3.05, 3.63) is 34.3 Å². The molecule has 1 aliphatic rings. The summed E-state index contributed by atoms with van der Waals surface area (Å²) in [6.45, 7) is 6.55. The van der Waals surface area contributed by atoms with Crippen LogP contribution in [-0.4, -0.2) is 29.7 Å². The number of ether oxygens (including phenoxy) is 1. The quantitative estimate of drug-likeness (QED) is 0.863. The third-order valence-electron chi connectivity index (χ3n) is 3.02. The molecule has 1 aromatic rings. The predicted octanol–water partition coefficient (Wildman–Crippen LogP) is 2.85. The summed E-state index contributed by atoms with van der Waals surface area (Å²) in [6, 6.07) is 7.88. The summed E-state index contributed by atoms with van der Waals surface area (Å²) in [5.41, 5.74) is 6.41. The number of likely N-dealkylation sites (tertiary alicyclic amines) is 1. The van der Waals surface area contributed by atoms with E-state index in [2.05, 4.69) is 15.9 Å². The van der Waals surface area contributed by atoms with Gasteiger partial charge in [0.05, 0.1) is 5.54 Å². The Hall–Kier alpha value is -1.07. The van der Waals surface area contributed by atoms with Crippen LogP contribution < -0.4 is 5.73 Å². The van der Waals surface area contributed by atoms with Gasteiger partial charge in [-0.2, -0.15) is 0 Å². The molecule has 0 saturated carbocycles. The van der Waals surface area contributed by atoms with Gasteiger partial charge in [0.15, 0.2) is 0 Å². The van der Waals surface area contributed by atoms with Gasteiger partial charge in [-0.25, -0.2) is 4.79 Å². The molecule has 1 fully saturated rings. The number of halogens is 1. The Morgan fingerprint density at radius 2 is 1.84 bits per heavy atom. The molecule has 0 aliphatic carbocycles. The zero-order valence-corrected chi connectivity index (χ0v) is 13.0. The zero-order valence-electron chi connectivity index (χ0n) is 11.4. The molecule has 0 radical (unpaired) electrons. The minimum atomic E-state index is -0.471. The number of rotatable bonds is 1. The second-order valence-electron chi connectivity index (χ2n) is 6.00. The Balaban J connectivity index is 1.98. The molecule has 1 heterocycles. The van der Waals surface area contributed by atoms with Crippen LogP contribution >= 0.6 is 15.9 Å². The van der Waals surface area contributed by atoms with Gasteiger partial charge >= 0.3 is 6.09 Å². The molecule has 4 nitrogen and oxygen atoms in total. The highest BCUT2D eigenvalue weighted by Gasteiger charge is 2.44. The molecule has 1 saturated heterocycles. The molecule has 1 amide bonds. The number of carbonyl (C=O) groups excluding carboxylic acids is 1. The van der Waals surface area contributed by atoms with Crippen molar-refractivity contribution in [3.8, 4) is 0 Å². The molecule has 104 valence electrons. The van der Waals surface area contributed by atoms with Crippen LogP contribution in [0.1, 0.15) is 26.3 Å². The Kier molecular flexibility index (Phi) is 3.62. The maximum absolute atomic E-state index is 11.9. The first-order chi connectivity index (χ1) is 8.70. The van der Waals surface area contributed by atoms with E-state index in [1.54, 1.807) is 4.90 Å². The van der Waals surface area contributed by atoms with E-state index in [4.69, 9.17) is 10.5 Å². The highest BCUT2D eigenvalue weighted by Crippen LogP contribution is 2.31. The summed E-state index contributed by atoms with van der Waals surface area (Å²) < 4.78 is 6.33. The van der Waals surface area contributed by atoms with Crippen molar-refractivity contribution < 1.29 is 9.53 Å². The van der Waals surface area contributed by atoms with Crippen LogP contribution in [0.3, 0.4) is 0 Å². The van der Waals surface area contributed by atoms with Crippen LogP contribution in [0.5, 0.6) is 0 Å². The molecule has 0 unspecified atom stereocenters. The lowest BCUT2D eigenvalue weighted by Gasteiger charge is -2.47. The molecule has 2 rings (SSSR count). The number of nitrogens with two attached hydrogens (primary N) is 1. The lowest BCUT2D eigenvalue weighted by molar-refractivity contribution is -0.00888. The van der Waals surface area contributed by atoms with Crippen LogP contribution in [0, 0.1) is 0 Å². The van der Waals surface area contributed by atoms with E-state index >= 15 is 0 Å². The SMILES string of the molecule is CC(C)(C)OC(=O)N1CC(N)(c2ccc(Br)cc2)C1. The van der Waals surface area contributed by atoms with Gasteiger partial charge in [-0.3, -0.25) is 0 Å². The van der Waals surface area contributed by atoms with E-state index in [0.717, 1.165) is 10.0 Å². The molecule has 1 aromatic carbocycles. The van der Waals surface area contributed by atoms with E-state index in [-0.39, 0.29) is 6.09 Å². The van der Waals surface area contributed by atoms with Crippen LogP contribution in [0.25, 0.3) is 0 Å². The van der Waals surface area contributed by atoms with E-state index in [1.165, 1.54) is 0 Å². The summed E-state index contributed by atoms with van der Waals surface area (Å²) in [6.07, 6.45) is -0.300. The van der Waals surface area contributed by atoms with Gasteiger partial charge in [0.2, 0.25) is 0 Å². The van der Waals surface area contributed by atoms with Gasteiger partial charge in [0.1, 0.15) is 5.60 Å². The molecule has 5 heteroatoms. The number of hydrogen-bond donors (Lipinski definition) is 1. The van der Waals surface area contributed by atoms with Crippen molar-refractivity contribution in [3.63, 3.8) is 0 Å². The number of amides is 1. The summed E-state index contributed by atoms with van der Waals surface area (Å²) in [4.78, 5) is 13.5. The third-order valence-corrected chi connectivity index (χ3v) is 3.55. The first-order valence-corrected chi connectivity index (χ1v) is 7.02. The fourth-order valence-corrected chi connectivity index (χ4v) is 2.32. The van der Waals surface area contributed by atoms with Crippen LogP contribution in [0.4, 0.5) is 4.79 Å². The largest absolute Gasteiger partial charge is 0.444 e. The molecule has 0 aromatic heterocycles. The number of nitrogens with zero attached hydrogens (tertiary/aromatic N) is 1. The van der Waals surface area contributed by atoms with Crippen LogP contribution in [0.15, 0.2) is 28.7 Å². The maximum atomic E-state index is 11.9. The lowest BCUT2D eigenvalue weighted by atomic mass is 9.84. The molecule has 0 bridgehead atoms. The van der Waals surface area contributed by atoms with Gasteiger partial charge in [0, 0.05) is 17.6 Å². The maximum Gasteiger partial charge on any atom is 0.410 e. The molecule has 2 N–H and O–H groups in total. The first-order valence-electron chi connectivity index (χ1n) is 6.22. The highest BCUT2D eigenvalue weighted by atomic mass is 79.9.